The van der Waals surface area contributed by atoms with Crippen LogP contribution in [0.1, 0.15) is 16.2 Å². The van der Waals surface area contributed by atoms with Gasteiger partial charge in [0.2, 0.25) is 5.95 Å². The van der Waals surface area contributed by atoms with Crippen molar-refractivity contribution in [3.05, 3.63) is 78.4 Å². The lowest BCUT2D eigenvalue weighted by atomic mass is 10.2. The van der Waals surface area contributed by atoms with Gasteiger partial charge in [-0.15, -0.1) is 0 Å². The van der Waals surface area contributed by atoms with Crippen LogP contribution in [0.2, 0.25) is 0 Å². The Morgan fingerprint density at radius 3 is 2.42 bits per heavy atom. The van der Waals surface area contributed by atoms with Crippen LogP contribution >= 0.6 is 11.8 Å². The van der Waals surface area contributed by atoms with Crippen LogP contribution in [0.25, 0.3) is 10.9 Å². The minimum Gasteiger partial charge on any atom is -0.478 e. The summed E-state index contributed by atoms with van der Waals surface area (Å²) >= 11 is 1.37. The zero-order valence-corrected chi connectivity index (χ0v) is 18.6. The minimum atomic E-state index is -0.947. The molecule has 0 saturated carbocycles. The predicted octanol–water partition coefficient (Wildman–Crippen LogP) is 3.59. The second kappa shape index (κ2) is 9.51. The first-order valence-electron chi connectivity index (χ1n) is 10.7. The third-order valence-corrected chi connectivity index (χ3v) is 6.59. The lowest BCUT2D eigenvalue weighted by Gasteiger charge is -2.34. The summed E-state index contributed by atoms with van der Waals surface area (Å²) in [5.74, 6) is 0.542. The van der Waals surface area contributed by atoms with Crippen LogP contribution in [0.15, 0.2) is 76.9 Å². The smallest absolute Gasteiger partial charge is 0.336 e. The third-order valence-electron chi connectivity index (χ3n) is 5.51. The molecule has 0 unspecified atom stereocenters. The molecule has 1 saturated heterocycles. The highest BCUT2D eigenvalue weighted by Gasteiger charge is 2.21. The highest BCUT2D eigenvalue weighted by Crippen LogP contribution is 2.33. The van der Waals surface area contributed by atoms with Gasteiger partial charge in [-0.3, -0.25) is 4.90 Å². The van der Waals surface area contributed by atoms with Crippen LogP contribution in [-0.2, 0) is 6.54 Å². The first kappa shape index (κ1) is 21.3. The number of rotatable bonds is 6. The molecule has 4 aromatic rings. The van der Waals surface area contributed by atoms with Crippen molar-refractivity contribution in [1.29, 1.82) is 0 Å². The Hall–Kier alpha value is -3.56. The molecule has 8 nitrogen and oxygen atoms in total. The van der Waals surface area contributed by atoms with Crippen molar-refractivity contribution < 1.29 is 9.90 Å². The van der Waals surface area contributed by atoms with E-state index >= 15 is 0 Å². The van der Waals surface area contributed by atoms with Gasteiger partial charge in [0.05, 0.1) is 17.6 Å². The monoisotopic (exact) mass is 458 g/mol. The SMILES string of the molecule is O=C(O)c1ccccc1Sc1nc(CN2CCN(c3ncccn3)CC2)nc2ccccc12. The molecule has 0 spiro atoms. The molecule has 9 heteroatoms. The Morgan fingerprint density at radius 1 is 0.909 bits per heavy atom. The number of piperazine rings is 1. The Morgan fingerprint density at radius 2 is 1.64 bits per heavy atom. The molecule has 2 aromatic heterocycles. The van der Waals surface area contributed by atoms with E-state index in [4.69, 9.17) is 9.97 Å². The Kier molecular flexibility index (Phi) is 6.14. The van der Waals surface area contributed by atoms with Crippen molar-refractivity contribution in [2.24, 2.45) is 0 Å². The summed E-state index contributed by atoms with van der Waals surface area (Å²) in [7, 11) is 0. The highest BCUT2D eigenvalue weighted by atomic mass is 32.2. The van der Waals surface area contributed by atoms with Crippen molar-refractivity contribution in [3.8, 4) is 0 Å². The molecule has 1 N–H and O–H groups in total. The summed E-state index contributed by atoms with van der Waals surface area (Å²) in [6.07, 6.45) is 3.53. The highest BCUT2D eigenvalue weighted by molar-refractivity contribution is 7.99. The topological polar surface area (TPSA) is 95.3 Å². The van der Waals surface area contributed by atoms with E-state index in [0.717, 1.165) is 53.9 Å². The fourth-order valence-electron chi connectivity index (χ4n) is 3.84. The van der Waals surface area contributed by atoms with Crippen LogP contribution < -0.4 is 4.90 Å². The Balaban J connectivity index is 1.37. The van der Waals surface area contributed by atoms with Crippen molar-refractivity contribution in [1.82, 2.24) is 24.8 Å². The van der Waals surface area contributed by atoms with Gasteiger partial charge in [-0.25, -0.2) is 24.7 Å². The number of anilines is 1. The fraction of sp³-hybridized carbons (Fsp3) is 0.208. The largest absolute Gasteiger partial charge is 0.478 e. The molecule has 1 aliphatic rings. The second-order valence-electron chi connectivity index (χ2n) is 7.68. The van der Waals surface area contributed by atoms with E-state index in [1.165, 1.54) is 11.8 Å². The zero-order chi connectivity index (χ0) is 22.6. The summed E-state index contributed by atoms with van der Waals surface area (Å²) < 4.78 is 0. The first-order valence-corrected chi connectivity index (χ1v) is 11.5. The number of carbonyl (C=O) groups is 1. The molecule has 0 aliphatic carbocycles. The van der Waals surface area contributed by atoms with Gasteiger partial charge < -0.3 is 10.0 Å². The standard InChI is InChI=1S/C24H22N6O2S/c31-23(32)18-7-2-4-9-20(18)33-22-17-6-1-3-8-19(17)27-21(28-22)16-29-12-14-30(15-13-29)24-25-10-5-11-26-24/h1-11H,12-16H2,(H,31,32). The van der Waals surface area contributed by atoms with E-state index < -0.39 is 5.97 Å². The average molecular weight is 459 g/mol. The van der Waals surface area contributed by atoms with Gasteiger partial charge in [-0.2, -0.15) is 0 Å². The van der Waals surface area contributed by atoms with E-state index in [1.807, 2.05) is 42.5 Å². The van der Waals surface area contributed by atoms with Gasteiger partial charge >= 0.3 is 5.97 Å². The molecule has 1 fully saturated rings. The van der Waals surface area contributed by atoms with Crippen molar-refractivity contribution >= 4 is 34.6 Å². The Bertz CT molecular complexity index is 1280. The maximum atomic E-state index is 11.7. The van der Waals surface area contributed by atoms with E-state index in [2.05, 4.69) is 19.8 Å². The van der Waals surface area contributed by atoms with Crippen LogP contribution in [0, 0.1) is 0 Å². The number of nitrogens with zero attached hydrogens (tertiary/aromatic N) is 6. The van der Waals surface area contributed by atoms with E-state index in [1.54, 1.807) is 24.5 Å². The number of carboxylic acid groups (broad SMARTS) is 1. The van der Waals surface area contributed by atoms with E-state index in [0.29, 0.717) is 11.4 Å². The lowest BCUT2D eigenvalue weighted by molar-refractivity contribution is 0.0693. The molecule has 0 radical (unpaired) electrons. The molecule has 2 aromatic carbocycles. The summed E-state index contributed by atoms with van der Waals surface area (Å²) in [6.45, 7) is 4.02. The van der Waals surface area contributed by atoms with Crippen molar-refractivity contribution in [2.75, 3.05) is 31.1 Å². The maximum absolute atomic E-state index is 11.7. The summed E-state index contributed by atoms with van der Waals surface area (Å²) in [4.78, 5) is 35.2. The van der Waals surface area contributed by atoms with Gasteiger partial charge in [0.15, 0.2) is 0 Å². The van der Waals surface area contributed by atoms with Crippen LogP contribution in [0.3, 0.4) is 0 Å². The fourth-order valence-corrected chi connectivity index (χ4v) is 4.89. The molecular formula is C24H22N6O2S. The van der Waals surface area contributed by atoms with Gasteiger partial charge in [-0.05, 0) is 24.3 Å². The number of hydrogen-bond donors (Lipinski definition) is 1. The van der Waals surface area contributed by atoms with Crippen LogP contribution in [0.5, 0.6) is 0 Å². The third kappa shape index (κ3) is 4.79. The molecule has 0 amide bonds. The lowest BCUT2D eigenvalue weighted by Crippen LogP contribution is -2.46. The van der Waals surface area contributed by atoms with Crippen molar-refractivity contribution in [2.45, 2.75) is 16.5 Å². The normalized spacial score (nSPS) is 14.5. The van der Waals surface area contributed by atoms with Gasteiger partial charge in [0.1, 0.15) is 10.9 Å². The minimum absolute atomic E-state index is 0.269. The quantitative estimate of drug-likeness (QED) is 0.435. The zero-order valence-electron chi connectivity index (χ0n) is 17.8. The molecule has 0 bridgehead atoms. The van der Waals surface area contributed by atoms with Crippen LogP contribution in [-0.4, -0.2) is 62.1 Å². The van der Waals surface area contributed by atoms with E-state index in [-0.39, 0.29) is 5.56 Å². The van der Waals surface area contributed by atoms with E-state index in [9.17, 15) is 9.90 Å². The summed E-state index contributed by atoms with van der Waals surface area (Å²) in [5, 5.41) is 11.2. The first-order chi connectivity index (χ1) is 16.2. The predicted molar refractivity (Wildman–Crippen MR) is 127 cm³/mol. The van der Waals surface area contributed by atoms with Gasteiger partial charge in [-0.1, -0.05) is 42.1 Å². The van der Waals surface area contributed by atoms with Crippen molar-refractivity contribution in [3.63, 3.8) is 0 Å². The molecule has 5 rings (SSSR count). The van der Waals surface area contributed by atoms with Crippen LogP contribution in [0.4, 0.5) is 5.95 Å². The number of aromatic carboxylic acids is 1. The molecule has 166 valence electrons. The number of para-hydroxylation sites is 1. The molecule has 1 aliphatic heterocycles. The average Bonchev–Trinajstić information content (AvgIpc) is 2.85. The molecule has 33 heavy (non-hydrogen) atoms. The second-order valence-corrected chi connectivity index (χ2v) is 8.71. The Labute approximate surface area is 195 Å². The number of aromatic nitrogens is 4. The molecular weight excluding hydrogens is 436 g/mol. The molecule has 3 heterocycles. The van der Waals surface area contributed by atoms with Gasteiger partial charge in [0.25, 0.3) is 0 Å². The number of fused-ring (bicyclic) bond motifs is 1. The number of benzene rings is 2. The number of hydrogen-bond acceptors (Lipinski definition) is 8. The molecule has 0 atom stereocenters. The maximum Gasteiger partial charge on any atom is 0.336 e. The summed E-state index contributed by atoms with van der Waals surface area (Å²) in [5.41, 5.74) is 1.13. The van der Waals surface area contributed by atoms with Gasteiger partial charge in [0, 0.05) is 48.9 Å². The summed E-state index contributed by atoms with van der Waals surface area (Å²) in [6, 6.07) is 16.7. The number of carboxylic acids is 1.